The van der Waals surface area contributed by atoms with Gasteiger partial charge in [0.1, 0.15) is 6.04 Å². The van der Waals surface area contributed by atoms with Crippen LogP contribution in [0.2, 0.25) is 0 Å². The van der Waals surface area contributed by atoms with Crippen molar-refractivity contribution >= 4 is 40.3 Å². The Morgan fingerprint density at radius 1 is 1.06 bits per heavy atom. The summed E-state index contributed by atoms with van der Waals surface area (Å²) >= 11 is 2.89. The summed E-state index contributed by atoms with van der Waals surface area (Å²) < 4.78 is 2.27. The number of allylic oxidation sites excluding steroid dienone is 1. The molecule has 2 aromatic carbocycles. The fourth-order valence-corrected chi connectivity index (χ4v) is 6.23. The Balaban J connectivity index is 1.61. The molecule has 0 saturated carbocycles. The van der Waals surface area contributed by atoms with Crippen LogP contribution in [0, 0.1) is 6.92 Å². The second-order valence-corrected chi connectivity index (χ2v) is 11.2. The average molecular weight is 514 g/mol. The van der Waals surface area contributed by atoms with Crippen LogP contribution in [-0.2, 0) is 4.79 Å². The minimum atomic E-state index is -0.532. The maximum atomic E-state index is 13.7. The van der Waals surface area contributed by atoms with Crippen LogP contribution in [0.3, 0.4) is 0 Å². The first kappa shape index (κ1) is 24.2. The molecule has 0 saturated heterocycles. The summed E-state index contributed by atoms with van der Waals surface area (Å²) in [4.78, 5) is 33.6. The number of nitrogens with zero attached hydrogens (tertiary/aromatic N) is 2. The SMILES string of the molecule is CC1=C(C(=O)Nc2ccccc2C)C(c2cccs2)n2c(s/c(=C/c3ccc(C(C)C)cc3)c2=O)=N1. The first-order valence-corrected chi connectivity index (χ1v) is 13.6. The van der Waals surface area contributed by atoms with Crippen LogP contribution in [-0.4, -0.2) is 10.5 Å². The third-order valence-electron chi connectivity index (χ3n) is 6.37. The molecule has 4 aromatic rings. The van der Waals surface area contributed by atoms with Gasteiger partial charge in [-0.15, -0.1) is 11.3 Å². The Labute approximate surface area is 217 Å². The number of anilines is 1. The van der Waals surface area contributed by atoms with Crippen molar-refractivity contribution in [2.45, 2.75) is 39.7 Å². The zero-order chi connectivity index (χ0) is 25.4. The number of nitrogens with one attached hydrogen (secondary N) is 1. The highest BCUT2D eigenvalue weighted by atomic mass is 32.1. The molecule has 1 unspecified atom stereocenters. The standard InChI is InChI=1S/C29H27N3O2S2/c1-17(2)21-13-11-20(12-14-21)16-24-28(34)32-26(23-10-7-15-35-23)25(19(4)30-29(32)36-24)27(33)31-22-9-6-5-8-18(22)3/h5-17,26H,1-4H3,(H,31,33)/b24-16+. The lowest BCUT2D eigenvalue weighted by atomic mass is 10.0. The van der Waals surface area contributed by atoms with E-state index in [0.29, 0.717) is 26.5 Å². The topological polar surface area (TPSA) is 63.5 Å². The van der Waals surface area contributed by atoms with Crippen molar-refractivity contribution in [3.8, 4) is 0 Å². The number of benzene rings is 2. The molecule has 5 nitrogen and oxygen atoms in total. The van der Waals surface area contributed by atoms with Gasteiger partial charge in [-0.1, -0.05) is 73.7 Å². The number of amides is 1. The number of aromatic nitrogens is 1. The quantitative estimate of drug-likeness (QED) is 0.390. The van der Waals surface area contributed by atoms with Gasteiger partial charge in [0.05, 0.1) is 15.8 Å². The molecule has 0 spiro atoms. The van der Waals surface area contributed by atoms with Crippen LogP contribution in [0.15, 0.2) is 87.1 Å². The summed E-state index contributed by atoms with van der Waals surface area (Å²) in [6.07, 6.45) is 1.91. The molecule has 0 bridgehead atoms. The van der Waals surface area contributed by atoms with E-state index in [1.807, 2.05) is 73.8 Å². The van der Waals surface area contributed by atoms with Gasteiger partial charge in [-0.25, -0.2) is 4.99 Å². The van der Waals surface area contributed by atoms with Gasteiger partial charge in [0.15, 0.2) is 4.80 Å². The zero-order valence-corrected chi connectivity index (χ0v) is 22.2. The largest absolute Gasteiger partial charge is 0.322 e. The van der Waals surface area contributed by atoms with Crippen LogP contribution >= 0.6 is 22.7 Å². The summed E-state index contributed by atoms with van der Waals surface area (Å²) in [6, 6.07) is 19.3. The Kier molecular flexibility index (Phi) is 6.60. The summed E-state index contributed by atoms with van der Waals surface area (Å²) in [7, 11) is 0. The van der Waals surface area contributed by atoms with Crippen LogP contribution in [0.25, 0.3) is 6.08 Å². The van der Waals surface area contributed by atoms with E-state index in [2.05, 4.69) is 31.3 Å². The summed E-state index contributed by atoms with van der Waals surface area (Å²) in [5.41, 5.74) is 4.90. The maximum Gasteiger partial charge on any atom is 0.271 e. The number of hydrogen-bond acceptors (Lipinski definition) is 5. The molecule has 1 amide bonds. The fraction of sp³-hybridized carbons (Fsp3) is 0.207. The van der Waals surface area contributed by atoms with Crippen molar-refractivity contribution in [3.63, 3.8) is 0 Å². The van der Waals surface area contributed by atoms with E-state index in [1.54, 1.807) is 4.57 Å². The predicted molar refractivity (Wildman–Crippen MR) is 148 cm³/mol. The number of hydrogen-bond donors (Lipinski definition) is 1. The van der Waals surface area contributed by atoms with Gasteiger partial charge in [-0.2, -0.15) is 0 Å². The van der Waals surface area contributed by atoms with Gasteiger partial charge in [-0.05, 0) is 60.0 Å². The number of fused-ring (bicyclic) bond motifs is 1. The van der Waals surface area contributed by atoms with Crippen LogP contribution in [0.1, 0.15) is 54.3 Å². The van der Waals surface area contributed by atoms with Crippen LogP contribution < -0.4 is 20.2 Å². The van der Waals surface area contributed by atoms with Crippen molar-refractivity contribution in [3.05, 3.63) is 119 Å². The highest BCUT2D eigenvalue weighted by molar-refractivity contribution is 7.10. The van der Waals surface area contributed by atoms with Gasteiger partial charge in [0, 0.05) is 10.6 Å². The third-order valence-corrected chi connectivity index (χ3v) is 8.28. The van der Waals surface area contributed by atoms with Crippen molar-refractivity contribution in [2.24, 2.45) is 4.99 Å². The zero-order valence-electron chi connectivity index (χ0n) is 20.6. The normalized spacial score (nSPS) is 15.7. The number of thiazole rings is 1. The minimum absolute atomic E-state index is 0.140. The van der Waals surface area contributed by atoms with E-state index in [9.17, 15) is 9.59 Å². The number of carbonyl (C=O) groups is 1. The molecule has 1 N–H and O–H groups in total. The molecule has 1 aliphatic heterocycles. The molecule has 1 atom stereocenters. The Bertz CT molecular complexity index is 1640. The molecule has 2 aromatic heterocycles. The highest BCUT2D eigenvalue weighted by Crippen LogP contribution is 2.33. The summed E-state index contributed by atoms with van der Waals surface area (Å²) in [6.45, 7) is 8.12. The first-order chi connectivity index (χ1) is 17.3. The second-order valence-electron chi connectivity index (χ2n) is 9.19. The summed E-state index contributed by atoms with van der Waals surface area (Å²) in [5, 5.41) is 5.01. The number of para-hydroxylation sites is 1. The van der Waals surface area contributed by atoms with E-state index in [0.717, 1.165) is 21.7 Å². The average Bonchev–Trinajstić information content (AvgIpc) is 3.49. The lowest BCUT2D eigenvalue weighted by Gasteiger charge is -2.24. The van der Waals surface area contributed by atoms with Crippen molar-refractivity contribution < 1.29 is 4.79 Å². The molecule has 7 heteroatoms. The first-order valence-electron chi connectivity index (χ1n) is 11.9. The molecule has 0 fully saturated rings. The van der Waals surface area contributed by atoms with Crippen molar-refractivity contribution in [1.82, 2.24) is 4.57 Å². The number of rotatable bonds is 5. The molecule has 5 rings (SSSR count). The number of aryl methyl sites for hydroxylation is 1. The Morgan fingerprint density at radius 2 is 1.81 bits per heavy atom. The van der Waals surface area contributed by atoms with Gasteiger partial charge >= 0.3 is 0 Å². The molecule has 0 aliphatic carbocycles. The van der Waals surface area contributed by atoms with E-state index in [4.69, 9.17) is 4.99 Å². The lowest BCUT2D eigenvalue weighted by Crippen LogP contribution is -2.40. The number of thiophene rings is 1. The second kappa shape index (κ2) is 9.84. The predicted octanol–water partition coefficient (Wildman–Crippen LogP) is 5.37. The molecular formula is C29H27N3O2S2. The van der Waals surface area contributed by atoms with E-state index < -0.39 is 6.04 Å². The molecule has 182 valence electrons. The van der Waals surface area contributed by atoms with E-state index in [1.165, 1.54) is 28.2 Å². The molecule has 0 radical (unpaired) electrons. The fourth-order valence-electron chi connectivity index (χ4n) is 4.36. The molecule has 36 heavy (non-hydrogen) atoms. The van der Waals surface area contributed by atoms with Gasteiger partial charge < -0.3 is 5.32 Å². The van der Waals surface area contributed by atoms with E-state index >= 15 is 0 Å². The molecular weight excluding hydrogens is 486 g/mol. The lowest BCUT2D eigenvalue weighted by molar-refractivity contribution is -0.113. The number of carbonyl (C=O) groups excluding carboxylic acids is 1. The monoisotopic (exact) mass is 513 g/mol. The molecule has 1 aliphatic rings. The third kappa shape index (κ3) is 4.52. The van der Waals surface area contributed by atoms with E-state index in [-0.39, 0.29) is 11.5 Å². The highest BCUT2D eigenvalue weighted by Gasteiger charge is 2.33. The Hall–Kier alpha value is -3.55. The van der Waals surface area contributed by atoms with Crippen LogP contribution in [0.4, 0.5) is 5.69 Å². The van der Waals surface area contributed by atoms with Crippen molar-refractivity contribution in [2.75, 3.05) is 5.32 Å². The maximum absolute atomic E-state index is 13.7. The van der Waals surface area contributed by atoms with Gasteiger partial charge in [0.2, 0.25) is 0 Å². The summed E-state index contributed by atoms with van der Waals surface area (Å²) in [5.74, 6) is 0.199. The van der Waals surface area contributed by atoms with Gasteiger partial charge in [-0.3, -0.25) is 14.2 Å². The molecule has 3 heterocycles. The Morgan fingerprint density at radius 3 is 2.47 bits per heavy atom. The van der Waals surface area contributed by atoms with Crippen LogP contribution in [0.5, 0.6) is 0 Å². The minimum Gasteiger partial charge on any atom is -0.322 e. The van der Waals surface area contributed by atoms with Gasteiger partial charge in [0.25, 0.3) is 11.5 Å². The van der Waals surface area contributed by atoms with Crippen molar-refractivity contribution in [1.29, 1.82) is 0 Å². The smallest absolute Gasteiger partial charge is 0.271 e.